The number of benzene rings is 4. The third kappa shape index (κ3) is 17.6. The molecule has 5 aliphatic heterocycles. The van der Waals surface area contributed by atoms with Crippen LogP contribution in [0.4, 0.5) is 4.39 Å². The number of halogens is 1. The number of quaternary nitrogens is 1. The molecule has 11 bridgehead atoms. The maximum atomic E-state index is 16.0. The molecule has 28 nitrogen and oxygen atoms in total. The van der Waals surface area contributed by atoms with E-state index in [1.807, 2.05) is 0 Å². The van der Waals surface area contributed by atoms with E-state index in [1.165, 1.54) is 38.0 Å². The molecule has 5 aromatic rings. The Labute approximate surface area is 576 Å². The quantitative estimate of drug-likeness (QED) is 0.0949. The average Bonchev–Trinajstić information content (AvgIpc) is 1.59. The van der Waals surface area contributed by atoms with Crippen molar-refractivity contribution < 1.29 is 82.2 Å². The lowest BCUT2D eigenvalue weighted by Gasteiger charge is -2.37. The van der Waals surface area contributed by atoms with Crippen LogP contribution < -0.4 is 63.1 Å². The summed E-state index contributed by atoms with van der Waals surface area (Å²) >= 11 is 0. The van der Waals surface area contributed by atoms with Crippen molar-refractivity contribution >= 4 is 75.9 Å². The van der Waals surface area contributed by atoms with Crippen LogP contribution >= 0.6 is 0 Å². The van der Waals surface area contributed by atoms with Gasteiger partial charge in [-0.15, -0.1) is 0 Å². The van der Waals surface area contributed by atoms with E-state index in [2.05, 4.69) is 53.6 Å². The smallest absolute Gasteiger partial charge is 0.249 e. The Kier molecular flexibility index (Phi) is 23.6. The molecule has 13 N–H and O–H groups in total. The number of aliphatic hydroxyl groups excluding tert-OH is 1. The van der Waals surface area contributed by atoms with Gasteiger partial charge in [0, 0.05) is 94.0 Å². The molecule has 29 heteroatoms. The molecule has 0 radical (unpaired) electrons. The summed E-state index contributed by atoms with van der Waals surface area (Å²) in [5.41, 5.74) is 6.19. The third-order valence-electron chi connectivity index (χ3n) is 18.9. The standard InChI is InChI=1S/C71H86FN13O15/c1-40-63(90)81-54(35-73)65(92)78-51-31-44-9-7-10-45(29-44)36-75-60(89)39-100-56-22-27-84-62(56)67(94)82-61(41(2)86)66(93)80-52(30-42-12-16-49(98-4)17-13-42)69(96)85-26-8-23-71(85,3)70(97)74-24-21-43-11-14-46(37-76-58(87)19-20-59(88)77-40)57(32-43)99-28-6-5-25-83-38-47(33-53(68(84)95)79-64(51)91)50-34-48(72)15-18-55(50)83/h5-7,9-18,29,32,34,38,40-41,51-54,56,61-62,86H,8,19-28,30-31,33,35-37,39,73H2,1-4H3,(H,74,97)(H,75,89)(H,76,87)(H,77,88)(H,78,92)(H,79,91)(H,80,93)(H,81,90)(H,82,94)/p+1/b6-5+/t40-,41+,51-,52-,53-,54+,56-,61-,62-,71-/m0/s1. The summed E-state index contributed by atoms with van der Waals surface area (Å²) in [5.74, 6) is -8.24. The Morgan fingerprint density at radius 3 is 2.22 bits per heavy atom. The van der Waals surface area contributed by atoms with Crippen molar-refractivity contribution in [2.75, 3.05) is 46.5 Å². The normalized spacial score (nSPS) is 26.2. The summed E-state index contributed by atoms with van der Waals surface area (Å²) in [6, 6.07) is 12.1. The van der Waals surface area contributed by atoms with E-state index in [0.717, 1.165) is 10.5 Å². The number of rotatable bonds is 5. The van der Waals surface area contributed by atoms with E-state index in [4.69, 9.17) is 14.2 Å². The van der Waals surface area contributed by atoms with E-state index in [9.17, 15) is 33.9 Å². The minimum Gasteiger partial charge on any atom is -0.497 e. The molecular formula is C71H87FN13O15+. The molecule has 532 valence electrons. The van der Waals surface area contributed by atoms with E-state index in [1.54, 1.807) is 103 Å². The van der Waals surface area contributed by atoms with E-state index < -0.39 is 137 Å². The fourth-order valence-corrected chi connectivity index (χ4v) is 13.3. The molecule has 5 aliphatic rings. The van der Waals surface area contributed by atoms with Gasteiger partial charge < -0.3 is 87.3 Å². The van der Waals surface area contributed by atoms with Crippen molar-refractivity contribution in [1.82, 2.24) is 62.2 Å². The minimum atomic E-state index is -1.84. The van der Waals surface area contributed by atoms with E-state index in [0.29, 0.717) is 56.6 Å². The lowest BCUT2D eigenvalue weighted by molar-refractivity contribution is -0.370. The fourth-order valence-electron chi connectivity index (χ4n) is 13.3. The van der Waals surface area contributed by atoms with Gasteiger partial charge in [0.2, 0.25) is 65.0 Å². The molecule has 2 fully saturated rings. The number of amides is 11. The molecule has 10 rings (SSSR count). The number of methoxy groups -OCH3 is 1. The number of nitrogens with zero attached hydrogens (tertiary/aromatic N) is 3. The summed E-state index contributed by atoms with van der Waals surface area (Å²) in [6.07, 6.45) is 1.76. The van der Waals surface area contributed by atoms with Gasteiger partial charge in [-0.1, -0.05) is 54.6 Å². The third-order valence-corrected chi connectivity index (χ3v) is 18.9. The SMILES string of the molecule is COc1ccc(C[C@@H]2NC(=O)[C@H]([C@@H](C)O)NC(=O)[C@@H]3[C@@H]4CCN3C(=O)[C@@H]3Cc5cn(c6ccc(F)cc56)C/C=C/COc5cc(ccc5CNC(=O)CCC(=O)N[C@@H](C)C(=O)N[C@H](C[NH3+])C(=O)N[C@@H](Cc5cccc(c5)CNC(=O)CO4)C(=O)N3)CCNC(=O)[C@]3(C)CCCN3C2=O)cc1. The van der Waals surface area contributed by atoms with Gasteiger partial charge in [0.25, 0.3) is 0 Å². The van der Waals surface area contributed by atoms with Crippen LogP contribution in [0.15, 0.2) is 103 Å². The summed E-state index contributed by atoms with van der Waals surface area (Å²) in [5, 5.41) is 36.7. The van der Waals surface area contributed by atoms with Crippen LogP contribution in [0.2, 0.25) is 0 Å². The predicted molar refractivity (Wildman–Crippen MR) is 359 cm³/mol. The zero-order chi connectivity index (χ0) is 71.4. The van der Waals surface area contributed by atoms with Crippen LogP contribution in [-0.2, 0) is 103 Å². The molecule has 2 saturated heterocycles. The van der Waals surface area contributed by atoms with E-state index >= 15 is 28.4 Å². The average molecular weight is 1380 g/mol. The number of hydrogen-bond donors (Lipinski definition) is 11. The Hall–Kier alpha value is -10.3. The highest BCUT2D eigenvalue weighted by molar-refractivity contribution is 6.00. The monoisotopic (exact) mass is 1380 g/mol. The number of allylic oxidation sites excluding steroid dienone is 1. The molecule has 100 heavy (non-hydrogen) atoms. The number of aromatic nitrogens is 1. The number of hydrogen-bond acceptors (Lipinski definition) is 15. The van der Waals surface area contributed by atoms with Gasteiger partial charge >= 0.3 is 0 Å². The molecular weight excluding hydrogens is 1290 g/mol. The number of carbonyl (C=O) groups excluding carboxylic acids is 11. The summed E-state index contributed by atoms with van der Waals surface area (Å²) < 4.78 is 35.5. The molecule has 11 amide bonds. The Bertz CT molecular complexity index is 3960. The van der Waals surface area contributed by atoms with E-state index in [-0.39, 0.29) is 104 Å². The zero-order valence-corrected chi connectivity index (χ0v) is 56.3. The molecule has 0 unspecified atom stereocenters. The molecule has 0 spiro atoms. The second kappa shape index (κ2) is 32.6. The summed E-state index contributed by atoms with van der Waals surface area (Å²) in [7, 11) is 1.49. The largest absolute Gasteiger partial charge is 0.497 e. The van der Waals surface area contributed by atoms with Gasteiger partial charge in [0.1, 0.15) is 78.9 Å². The first-order valence-electron chi connectivity index (χ1n) is 33.7. The van der Waals surface area contributed by atoms with Gasteiger partial charge in [0.15, 0.2) is 6.04 Å². The molecule has 1 aromatic heterocycles. The highest BCUT2D eigenvalue weighted by atomic mass is 19.1. The van der Waals surface area contributed by atoms with Gasteiger partial charge in [-0.05, 0) is 117 Å². The highest BCUT2D eigenvalue weighted by Crippen LogP contribution is 2.32. The maximum Gasteiger partial charge on any atom is 0.249 e. The van der Waals surface area contributed by atoms with Gasteiger partial charge in [-0.3, -0.25) is 52.7 Å². The van der Waals surface area contributed by atoms with Crippen LogP contribution in [0.5, 0.6) is 11.5 Å². The number of ether oxygens (including phenoxy) is 3. The lowest BCUT2D eigenvalue weighted by Crippen LogP contribution is -2.67. The van der Waals surface area contributed by atoms with Gasteiger partial charge in [-0.2, -0.15) is 0 Å². The predicted octanol–water partition coefficient (Wildman–Crippen LogP) is -0.917. The zero-order valence-electron chi connectivity index (χ0n) is 56.3. The van der Waals surface area contributed by atoms with Gasteiger partial charge in [0.05, 0.1) is 19.3 Å². The molecule has 0 saturated carbocycles. The molecule has 6 heterocycles. The second-order valence-corrected chi connectivity index (χ2v) is 26.1. The first-order chi connectivity index (χ1) is 48.0. The van der Waals surface area contributed by atoms with Crippen molar-refractivity contribution in [3.05, 3.63) is 142 Å². The first-order valence-corrected chi connectivity index (χ1v) is 33.7. The van der Waals surface area contributed by atoms with Crippen molar-refractivity contribution in [1.29, 1.82) is 0 Å². The fraction of sp³-hybridized carbons (Fsp3) is 0.451. The van der Waals surface area contributed by atoms with Crippen LogP contribution in [-0.4, -0.2) is 191 Å². The summed E-state index contributed by atoms with van der Waals surface area (Å²) in [6.45, 7) is 3.41. The number of aliphatic hydroxyl groups is 1. The second-order valence-electron chi connectivity index (χ2n) is 26.1. The first kappa shape index (κ1) is 72.5. The van der Waals surface area contributed by atoms with Crippen LogP contribution in [0.1, 0.15) is 86.3 Å². The Morgan fingerprint density at radius 2 is 1.45 bits per heavy atom. The number of nitrogens with one attached hydrogen (secondary N) is 9. The molecule has 0 aliphatic carbocycles. The van der Waals surface area contributed by atoms with Crippen molar-refractivity contribution in [3.63, 3.8) is 0 Å². The molecule has 10 atom stereocenters. The lowest BCUT2D eigenvalue weighted by atomic mass is 9.95. The summed E-state index contributed by atoms with van der Waals surface area (Å²) in [4.78, 5) is 163. The maximum absolute atomic E-state index is 16.0. The van der Waals surface area contributed by atoms with Crippen molar-refractivity contribution in [2.45, 2.75) is 158 Å². The van der Waals surface area contributed by atoms with Crippen LogP contribution in [0, 0.1) is 5.82 Å². The Balaban J connectivity index is 1.10. The molecule has 4 aromatic carbocycles. The number of carbonyl (C=O) groups is 11. The highest BCUT2D eigenvalue weighted by Gasteiger charge is 2.50. The van der Waals surface area contributed by atoms with Crippen LogP contribution in [0.3, 0.4) is 0 Å². The van der Waals surface area contributed by atoms with Crippen LogP contribution in [0.25, 0.3) is 10.9 Å². The topological polar surface area (TPSA) is 383 Å². The van der Waals surface area contributed by atoms with Gasteiger partial charge in [-0.25, -0.2) is 4.39 Å². The van der Waals surface area contributed by atoms with Crippen molar-refractivity contribution in [2.24, 2.45) is 0 Å². The van der Waals surface area contributed by atoms with Crippen molar-refractivity contribution in [3.8, 4) is 11.5 Å². The minimum absolute atomic E-state index is 0.00602. The Morgan fingerprint density at radius 1 is 0.700 bits per heavy atom. The number of fused-ring (bicyclic) bond motifs is 10.